The van der Waals surface area contributed by atoms with Gasteiger partial charge in [0.1, 0.15) is 0 Å². The van der Waals surface area contributed by atoms with Gasteiger partial charge in [-0.3, -0.25) is 0 Å². The van der Waals surface area contributed by atoms with Gasteiger partial charge in [0.15, 0.2) is 0 Å². The molecule has 0 saturated heterocycles. The number of allylic oxidation sites excluding steroid dienone is 4. The van der Waals surface area contributed by atoms with Gasteiger partial charge in [-0.25, -0.2) is 0 Å². The molecule has 4 heteroatoms. The molecule has 0 bridgehead atoms. The summed E-state index contributed by atoms with van der Waals surface area (Å²) in [5.74, 6) is 0.564. The van der Waals surface area contributed by atoms with Crippen LogP contribution in [0.25, 0.3) is 0 Å². The molecule has 10 rings (SSSR count). The van der Waals surface area contributed by atoms with E-state index < -0.39 is 0 Å². The fraction of sp³-hybridized carbons (Fsp3) is 0.103. The summed E-state index contributed by atoms with van der Waals surface area (Å²) in [7, 11) is 0. The largest absolute Gasteiger partial charge is 0.356 e. The molecule has 2 unspecified atom stereocenters. The Morgan fingerprint density at radius 1 is 0.403 bits per heavy atom. The number of aryl methyl sites for hydroxylation is 2. The number of rotatable bonds is 11. The maximum Gasteiger partial charge on any atom is 0.0464 e. The van der Waals surface area contributed by atoms with Crippen LogP contribution in [0.4, 0.5) is 56.9 Å². The highest BCUT2D eigenvalue weighted by Gasteiger charge is 2.52. The molecular weight excluding hydrogens is 753 g/mol. The van der Waals surface area contributed by atoms with Crippen molar-refractivity contribution in [3.63, 3.8) is 0 Å². The van der Waals surface area contributed by atoms with Crippen LogP contribution in [-0.4, -0.2) is 0 Å². The third-order valence-corrected chi connectivity index (χ3v) is 11.8. The van der Waals surface area contributed by atoms with Crippen molar-refractivity contribution in [2.45, 2.75) is 27.2 Å². The second-order valence-electron chi connectivity index (χ2n) is 16.5. The summed E-state index contributed by atoms with van der Waals surface area (Å²) in [5, 5.41) is 3.60. The molecule has 2 atom stereocenters. The summed E-state index contributed by atoms with van der Waals surface area (Å²) in [6, 6.07) is 76.8. The molecule has 1 N–H and O–H groups in total. The van der Waals surface area contributed by atoms with Crippen molar-refractivity contribution in [2.75, 3.05) is 20.0 Å². The van der Waals surface area contributed by atoms with E-state index in [9.17, 15) is 0 Å². The highest BCUT2D eigenvalue weighted by atomic mass is 15.2. The minimum absolute atomic E-state index is 0.292. The van der Waals surface area contributed by atoms with Crippen molar-refractivity contribution in [3.05, 3.63) is 253 Å². The third kappa shape index (κ3) is 8.96. The van der Waals surface area contributed by atoms with Crippen molar-refractivity contribution >= 4 is 56.9 Å². The molecule has 304 valence electrons. The first kappa shape index (κ1) is 39.9. The van der Waals surface area contributed by atoms with Crippen LogP contribution in [0.1, 0.15) is 24.5 Å². The Hall–Kier alpha value is -7.56. The predicted molar refractivity (Wildman–Crippen MR) is 263 cm³/mol. The first-order valence-corrected chi connectivity index (χ1v) is 21.5. The van der Waals surface area contributed by atoms with Gasteiger partial charge < -0.3 is 20.0 Å². The Kier molecular flexibility index (Phi) is 11.6. The molecule has 8 aromatic rings. The number of nitrogens with one attached hydrogen (secondary N) is 1. The van der Waals surface area contributed by atoms with E-state index in [1.54, 1.807) is 0 Å². The van der Waals surface area contributed by atoms with Gasteiger partial charge in [-0.1, -0.05) is 116 Å². The van der Waals surface area contributed by atoms with Crippen LogP contribution in [0.5, 0.6) is 0 Å². The summed E-state index contributed by atoms with van der Waals surface area (Å²) in [5.41, 5.74) is 15.6. The van der Waals surface area contributed by atoms with Crippen LogP contribution >= 0.6 is 0 Å². The van der Waals surface area contributed by atoms with E-state index in [0.29, 0.717) is 11.3 Å². The maximum atomic E-state index is 3.60. The van der Waals surface area contributed by atoms with Gasteiger partial charge in [0, 0.05) is 68.5 Å². The first-order chi connectivity index (χ1) is 30.4. The van der Waals surface area contributed by atoms with Gasteiger partial charge in [0.05, 0.1) is 0 Å². The highest BCUT2D eigenvalue weighted by molar-refractivity contribution is 5.79. The lowest BCUT2D eigenvalue weighted by Crippen LogP contribution is -2.20. The molecular formula is C58H52N4. The minimum Gasteiger partial charge on any atom is -0.356 e. The molecule has 0 spiro atoms. The van der Waals surface area contributed by atoms with Crippen LogP contribution in [-0.2, 0) is 0 Å². The zero-order valence-corrected chi connectivity index (χ0v) is 35.6. The van der Waals surface area contributed by atoms with Gasteiger partial charge in [0.25, 0.3) is 0 Å². The van der Waals surface area contributed by atoms with Crippen molar-refractivity contribution in [1.29, 1.82) is 0 Å². The second-order valence-corrected chi connectivity index (χ2v) is 16.5. The minimum atomic E-state index is 0.292. The summed E-state index contributed by atoms with van der Waals surface area (Å²) in [6.07, 6.45) is 8.09. The van der Waals surface area contributed by atoms with E-state index in [1.807, 2.05) is 12.1 Å². The molecule has 0 amide bonds. The zero-order valence-electron chi connectivity index (χ0n) is 35.6. The number of hydrogen-bond acceptors (Lipinski definition) is 4. The third-order valence-electron chi connectivity index (χ3n) is 11.8. The fourth-order valence-electron chi connectivity index (χ4n) is 8.46. The molecule has 4 nitrogen and oxygen atoms in total. The van der Waals surface area contributed by atoms with E-state index in [1.165, 1.54) is 51.7 Å². The number of fused-ring (bicyclic) bond motifs is 1. The first-order valence-electron chi connectivity index (χ1n) is 21.5. The smallest absolute Gasteiger partial charge is 0.0464 e. The van der Waals surface area contributed by atoms with Crippen LogP contribution in [0.15, 0.2) is 242 Å². The van der Waals surface area contributed by atoms with E-state index in [0.717, 1.165) is 28.4 Å². The van der Waals surface area contributed by atoms with Gasteiger partial charge in [-0.05, 0) is 164 Å². The molecule has 0 aliphatic heterocycles. The Labute approximate surface area is 367 Å². The van der Waals surface area contributed by atoms with E-state index in [-0.39, 0.29) is 0 Å². The number of nitrogens with zero attached hydrogens (tertiary/aromatic N) is 3. The predicted octanol–water partition coefficient (Wildman–Crippen LogP) is 16.3. The lowest BCUT2D eigenvalue weighted by atomic mass is 9.98. The summed E-state index contributed by atoms with van der Waals surface area (Å²) in [6.45, 7) is 6.62. The summed E-state index contributed by atoms with van der Waals surface area (Å²) in [4.78, 5) is 6.98. The standard InChI is InChI=1S/C39H35N3.C19H17N/c1-29-11-9-16-36(27-29)41(32-12-5-3-6-13-32)34-22-18-30(19-23-34)40-31-20-24-35(25-21-31)42(33-14-7-4-8-15-33)38-17-10-26-39(2)28-37(38)39;1-16-9-8-14-19(15-16)20(17-10-4-2-5-11-17)18-12-6-3-7-13-18/h3-27,37,40H,28H2,1-2H3;2-15H,1H3. The number of hydrogen-bond donors (Lipinski definition) is 1. The Morgan fingerprint density at radius 2 is 0.758 bits per heavy atom. The lowest BCUT2D eigenvalue weighted by Gasteiger charge is -2.30. The zero-order chi connectivity index (χ0) is 42.3. The lowest BCUT2D eigenvalue weighted by molar-refractivity contribution is 0.663. The normalized spacial score (nSPS) is 15.9. The average molecular weight is 805 g/mol. The molecule has 62 heavy (non-hydrogen) atoms. The molecule has 2 aliphatic rings. The Bertz CT molecular complexity index is 2730. The van der Waals surface area contributed by atoms with Crippen molar-refractivity contribution in [1.82, 2.24) is 0 Å². The molecule has 0 radical (unpaired) electrons. The number of para-hydroxylation sites is 4. The summed E-state index contributed by atoms with van der Waals surface area (Å²) < 4.78 is 0. The van der Waals surface area contributed by atoms with Gasteiger partial charge in [-0.15, -0.1) is 0 Å². The van der Waals surface area contributed by atoms with Crippen molar-refractivity contribution in [2.24, 2.45) is 11.3 Å². The Morgan fingerprint density at radius 3 is 1.16 bits per heavy atom. The highest BCUT2D eigenvalue weighted by Crippen LogP contribution is 2.60. The number of anilines is 10. The molecule has 0 heterocycles. The summed E-state index contributed by atoms with van der Waals surface area (Å²) >= 11 is 0. The average Bonchev–Trinajstić information content (AvgIpc) is 4.02. The van der Waals surface area contributed by atoms with E-state index in [2.05, 4.69) is 265 Å². The maximum absolute atomic E-state index is 3.60. The fourth-order valence-corrected chi connectivity index (χ4v) is 8.46. The van der Waals surface area contributed by atoms with Crippen LogP contribution in [0.3, 0.4) is 0 Å². The SMILES string of the molecule is Cc1cccc(N(c2ccccc2)c2ccc(Nc3ccc(N(C4=CC=CC5(C)CC45)c4ccccc4)cc3)cc2)c1.Cc1cccc(N(c2ccccc2)c2ccccc2)c1. The molecule has 2 aliphatic carbocycles. The topological polar surface area (TPSA) is 21.8 Å². The number of benzene rings is 8. The van der Waals surface area contributed by atoms with Crippen LogP contribution in [0, 0.1) is 25.2 Å². The van der Waals surface area contributed by atoms with Gasteiger partial charge >= 0.3 is 0 Å². The molecule has 1 saturated carbocycles. The quantitative estimate of drug-likeness (QED) is 0.141. The Balaban J connectivity index is 0.000000205. The van der Waals surface area contributed by atoms with Gasteiger partial charge in [0.2, 0.25) is 0 Å². The van der Waals surface area contributed by atoms with Gasteiger partial charge in [-0.2, -0.15) is 0 Å². The van der Waals surface area contributed by atoms with Crippen molar-refractivity contribution in [3.8, 4) is 0 Å². The molecule has 0 aromatic heterocycles. The molecule has 1 fully saturated rings. The monoisotopic (exact) mass is 804 g/mol. The van der Waals surface area contributed by atoms with Crippen molar-refractivity contribution < 1.29 is 0 Å². The second kappa shape index (κ2) is 18.0. The van der Waals surface area contributed by atoms with Crippen LogP contribution in [0.2, 0.25) is 0 Å². The molecule has 8 aromatic carbocycles. The van der Waals surface area contributed by atoms with E-state index in [4.69, 9.17) is 0 Å². The van der Waals surface area contributed by atoms with E-state index >= 15 is 0 Å². The van der Waals surface area contributed by atoms with Crippen LogP contribution < -0.4 is 20.0 Å².